The lowest BCUT2D eigenvalue weighted by molar-refractivity contribution is -0.0229. The van der Waals surface area contributed by atoms with E-state index in [2.05, 4.69) is 126 Å². The first-order valence-corrected chi connectivity index (χ1v) is 13.4. The standard InChI is InChI=1S/C32H40BNO3/c1-7-30(25-11-9-8-10-12-25)31(27-15-19-29(20-16-27)35-22-21-34(5)6)26-13-17-28(18-14-26)33-36-24(2)23-32(3,4)37-33/h8-20,24H,7,21-23H2,1-6H3/b31-30-. The van der Waals surface area contributed by atoms with Crippen LogP contribution in [0.2, 0.25) is 0 Å². The number of ether oxygens (including phenoxy) is 1. The smallest absolute Gasteiger partial charge is 0.492 e. The van der Waals surface area contributed by atoms with Gasteiger partial charge in [0.05, 0.1) is 5.60 Å². The number of likely N-dealkylation sites (N-methyl/N-ethyl adjacent to an activating group) is 1. The molecule has 1 atom stereocenters. The fourth-order valence-electron chi connectivity index (χ4n) is 5.01. The SMILES string of the molecule is CC/C(=C(/c1ccc(OCCN(C)C)cc1)c1ccc(B2OC(C)CC(C)(C)O2)cc1)c1ccccc1. The second-order valence-corrected chi connectivity index (χ2v) is 10.7. The van der Waals surface area contributed by atoms with Gasteiger partial charge in [-0.1, -0.05) is 73.7 Å². The van der Waals surface area contributed by atoms with Gasteiger partial charge in [-0.05, 0) is 93.1 Å². The summed E-state index contributed by atoms with van der Waals surface area (Å²) in [5, 5.41) is 0. The Kier molecular flexibility index (Phi) is 8.91. The van der Waals surface area contributed by atoms with Crippen molar-refractivity contribution in [3.05, 3.63) is 95.6 Å². The van der Waals surface area contributed by atoms with Crippen molar-refractivity contribution in [2.45, 2.75) is 52.2 Å². The van der Waals surface area contributed by atoms with Gasteiger partial charge in [-0.3, -0.25) is 0 Å². The van der Waals surface area contributed by atoms with Crippen molar-refractivity contribution in [2.75, 3.05) is 27.2 Å². The molecule has 1 aliphatic heterocycles. The number of hydrogen-bond acceptors (Lipinski definition) is 4. The molecule has 0 aliphatic carbocycles. The van der Waals surface area contributed by atoms with E-state index in [-0.39, 0.29) is 18.8 Å². The molecule has 0 aromatic heterocycles. The maximum absolute atomic E-state index is 6.26. The monoisotopic (exact) mass is 497 g/mol. The molecule has 4 nitrogen and oxygen atoms in total. The Bertz CT molecular complexity index is 1170. The van der Waals surface area contributed by atoms with Crippen LogP contribution >= 0.6 is 0 Å². The predicted molar refractivity (Wildman–Crippen MR) is 155 cm³/mol. The van der Waals surface area contributed by atoms with Crippen LogP contribution in [-0.2, 0) is 9.31 Å². The van der Waals surface area contributed by atoms with Crippen molar-refractivity contribution < 1.29 is 14.0 Å². The maximum atomic E-state index is 6.26. The van der Waals surface area contributed by atoms with Crippen LogP contribution in [0.15, 0.2) is 78.9 Å². The summed E-state index contributed by atoms with van der Waals surface area (Å²) < 4.78 is 18.4. The van der Waals surface area contributed by atoms with Crippen LogP contribution in [0.1, 0.15) is 57.2 Å². The van der Waals surface area contributed by atoms with E-state index < -0.39 is 0 Å². The van der Waals surface area contributed by atoms with E-state index in [0.717, 1.165) is 30.6 Å². The van der Waals surface area contributed by atoms with E-state index in [1.807, 2.05) is 0 Å². The van der Waals surface area contributed by atoms with Crippen LogP contribution in [0.25, 0.3) is 11.1 Å². The van der Waals surface area contributed by atoms with Crippen molar-refractivity contribution in [2.24, 2.45) is 0 Å². The molecule has 1 fully saturated rings. The Morgan fingerprint density at radius 1 is 0.919 bits per heavy atom. The summed E-state index contributed by atoms with van der Waals surface area (Å²) in [4.78, 5) is 2.12. The molecule has 0 bridgehead atoms. The number of nitrogens with zero attached hydrogens (tertiary/aromatic N) is 1. The van der Waals surface area contributed by atoms with Gasteiger partial charge in [0.1, 0.15) is 12.4 Å². The Labute approximate surface area is 223 Å². The minimum atomic E-state index is -0.349. The Morgan fingerprint density at radius 3 is 2.11 bits per heavy atom. The Morgan fingerprint density at radius 2 is 1.54 bits per heavy atom. The van der Waals surface area contributed by atoms with E-state index in [1.54, 1.807) is 0 Å². The van der Waals surface area contributed by atoms with Crippen LogP contribution in [0.3, 0.4) is 0 Å². The fourth-order valence-corrected chi connectivity index (χ4v) is 5.01. The minimum absolute atomic E-state index is 0.159. The highest BCUT2D eigenvalue weighted by Gasteiger charge is 2.38. The summed E-state index contributed by atoms with van der Waals surface area (Å²) in [5.41, 5.74) is 6.98. The predicted octanol–water partition coefficient (Wildman–Crippen LogP) is 6.30. The van der Waals surface area contributed by atoms with Crippen molar-refractivity contribution in [3.63, 3.8) is 0 Å². The maximum Gasteiger partial charge on any atom is 0.494 e. The van der Waals surface area contributed by atoms with Crippen LogP contribution in [0.5, 0.6) is 5.75 Å². The molecule has 194 valence electrons. The third kappa shape index (κ3) is 7.13. The number of rotatable bonds is 9. The molecule has 3 aromatic rings. The van der Waals surface area contributed by atoms with E-state index in [9.17, 15) is 0 Å². The Balaban J connectivity index is 1.69. The molecular formula is C32H40BNO3. The lowest BCUT2D eigenvalue weighted by atomic mass is 9.74. The van der Waals surface area contributed by atoms with Crippen molar-refractivity contribution in [3.8, 4) is 5.75 Å². The van der Waals surface area contributed by atoms with Crippen molar-refractivity contribution in [1.82, 2.24) is 4.90 Å². The van der Waals surface area contributed by atoms with Gasteiger partial charge in [0.15, 0.2) is 0 Å². The molecule has 5 heteroatoms. The van der Waals surface area contributed by atoms with Gasteiger partial charge >= 0.3 is 7.12 Å². The zero-order chi connectivity index (χ0) is 26.4. The highest BCUT2D eigenvalue weighted by molar-refractivity contribution is 6.61. The van der Waals surface area contributed by atoms with Crippen LogP contribution < -0.4 is 10.2 Å². The van der Waals surface area contributed by atoms with E-state index in [1.165, 1.54) is 27.8 Å². The first-order valence-electron chi connectivity index (χ1n) is 13.4. The van der Waals surface area contributed by atoms with Gasteiger partial charge < -0.3 is 18.9 Å². The number of benzene rings is 3. The van der Waals surface area contributed by atoms with Gasteiger partial charge in [0.2, 0.25) is 0 Å². The van der Waals surface area contributed by atoms with E-state index in [0.29, 0.717) is 6.61 Å². The quantitative estimate of drug-likeness (QED) is 0.257. The zero-order valence-corrected chi connectivity index (χ0v) is 23.2. The van der Waals surface area contributed by atoms with Crippen molar-refractivity contribution >= 4 is 23.7 Å². The molecule has 1 unspecified atom stereocenters. The third-order valence-corrected chi connectivity index (χ3v) is 6.76. The highest BCUT2D eigenvalue weighted by Crippen LogP contribution is 2.35. The second-order valence-electron chi connectivity index (χ2n) is 10.7. The van der Waals surface area contributed by atoms with Gasteiger partial charge in [-0.25, -0.2) is 0 Å². The second kappa shape index (κ2) is 12.1. The molecule has 0 amide bonds. The number of allylic oxidation sites excluding steroid dienone is 1. The largest absolute Gasteiger partial charge is 0.494 e. The van der Waals surface area contributed by atoms with Crippen LogP contribution in [0, 0.1) is 0 Å². The summed E-state index contributed by atoms with van der Waals surface area (Å²) in [6.07, 6.45) is 1.97. The van der Waals surface area contributed by atoms with Crippen molar-refractivity contribution in [1.29, 1.82) is 0 Å². The average molecular weight is 497 g/mol. The molecule has 0 N–H and O–H groups in total. The average Bonchev–Trinajstić information content (AvgIpc) is 2.87. The molecular weight excluding hydrogens is 457 g/mol. The van der Waals surface area contributed by atoms with Gasteiger partial charge in [0, 0.05) is 12.6 Å². The van der Waals surface area contributed by atoms with Gasteiger partial charge in [-0.15, -0.1) is 0 Å². The summed E-state index contributed by atoms with van der Waals surface area (Å²) >= 11 is 0. The van der Waals surface area contributed by atoms with E-state index >= 15 is 0 Å². The van der Waals surface area contributed by atoms with Crippen LogP contribution in [-0.4, -0.2) is 51.0 Å². The molecule has 0 radical (unpaired) electrons. The van der Waals surface area contributed by atoms with Crippen LogP contribution in [0.4, 0.5) is 0 Å². The normalized spacial score (nSPS) is 18.0. The summed E-state index contributed by atoms with van der Waals surface area (Å²) in [6.45, 7) is 10.2. The molecule has 4 rings (SSSR count). The highest BCUT2D eigenvalue weighted by atomic mass is 16.6. The molecule has 0 spiro atoms. The summed E-state index contributed by atoms with van der Waals surface area (Å²) in [6, 6.07) is 27.8. The summed E-state index contributed by atoms with van der Waals surface area (Å²) in [7, 11) is 3.76. The molecule has 1 aliphatic rings. The Hall–Kier alpha value is -2.86. The number of hydrogen-bond donors (Lipinski definition) is 0. The third-order valence-electron chi connectivity index (χ3n) is 6.76. The topological polar surface area (TPSA) is 30.9 Å². The zero-order valence-electron chi connectivity index (χ0n) is 23.2. The molecule has 1 saturated heterocycles. The molecule has 1 heterocycles. The lowest BCUT2D eigenvalue weighted by Gasteiger charge is -2.38. The molecule has 37 heavy (non-hydrogen) atoms. The van der Waals surface area contributed by atoms with Gasteiger partial charge in [0.25, 0.3) is 0 Å². The lowest BCUT2D eigenvalue weighted by Crippen LogP contribution is -2.51. The fraction of sp³-hybridized carbons (Fsp3) is 0.375. The van der Waals surface area contributed by atoms with E-state index in [4.69, 9.17) is 14.0 Å². The molecule has 0 saturated carbocycles. The first-order chi connectivity index (χ1) is 17.8. The minimum Gasteiger partial charge on any atom is -0.492 e. The first kappa shape index (κ1) is 27.2. The molecule has 3 aromatic carbocycles. The van der Waals surface area contributed by atoms with Gasteiger partial charge in [-0.2, -0.15) is 0 Å². The summed E-state index contributed by atoms with van der Waals surface area (Å²) in [5.74, 6) is 0.890.